The van der Waals surface area contributed by atoms with E-state index in [0.717, 1.165) is 16.5 Å². The Kier molecular flexibility index (Phi) is 3.61. The van der Waals surface area contributed by atoms with Crippen LogP contribution in [0, 0.1) is 5.82 Å². The predicted molar refractivity (Wildman–Crippen MR) is 83.6 cm³/mol. The van der Waals surface area contributed by atoms with Crippen LogP contribution in [-0.2, 0) is 0 Å². The van der Waals surface area contributed by atoms with Crippen molar-refractivity contribution < 1.29 is 4.39 Å². The van der Waals surface area contributed by atoms with Gasteiger partial charge in [-0.25, -0.2) is 4.39 Å². The summed E-state index contributed by atoms with van der Waals surface area (Å²) in [5.74, 6) is -0.275. The van der Waals surface area contributed by atoms with Gasteiger partial charge >= 0.3 is 0 Å². The lowest BCUT2D eigenvalue weighted by Crippen LogP contribution is -1.93. The van der Waals surface area contributed by atoms with Gasteiger partial charge in [-0.15, -0.1) is 22.9 Å². The first kappa shape index (κ1) is 13.1. The monoisotopic (exact) mass is 354 g/mol. The Hall–Kier alpha value is -0.900. The molecular formula is C15H9BrClFS. The summed E-state index contributed by atoms with van der Waals surface area (Å²) in [6.45, 7) is 0. The summed E-state index contributed by atoms with van der Waals surface area (Å²) < 4.78 is 14.9. The van der Waals surface area contributed by atoms with E-state index < -0.39 is 0 Å². The molecule has 4 heteroatoms. The summed E-state index contributed by atoms with van der Waals surface area (Å²) in [5.41, 5.74) is 1.96. The van der Waals surface area contributed by atoms with Crippen LogP contribution in [0.25, 0.3) is 10.1 Å². The van der Waals surface area contributed by atoms with E-state index in [9.17, 15) is 4.39 Å². The van der Waals surface area contributed by atoms with Gasteiger partial charge in [0.1, 0.15) is 5.82 Å². The molecule has 0 spiro atoms. The summed E-state index contributed by atoms with van der Waals surface area (Å²) in [7, 11) is 0. The molecule has 2 aromatic carbocycles. The Balaban J connectivity index is 2.08. The average Bonchev–Trinajstić information content (AvgIpc) is 2.85. The summed E-state index contributed by atoms with van der Waals surface area (Å²) in [4.78, 5) is 0. The van der Waals surface area contributed by atoms with E-state index in [1.807, 2.05) is 12.1 Å². The first-order valence-corrected chi connectivity index (χ1v) is 7.83. The number of fused-ring (bicyclic) bond motifs is 1. The van der Waals surface area contributed by atoms with Crippen molar-refractivity contribution in [3.63, 3.8) is 0 Å². The third-order valence-electron chi connectivity index (χ3n) is 3.02. The Morgan fingerprint density at radius 3 is 2.74 bits per heavy atom. The molecule has 96 valence electrons. The van der Waals surface area contributed by atoms with Crippen molar-refractivity contribution in [2.45, 2.75) is 5.38 Å². The SMILES string of the molecule is Fc1ccc(C(Cl)c2csc3ccccc23)cc1Br. The number of alkyl halides is 1. The van der Waals surface area contributed by atoms with Gasteiger partial charge in [0, 0.05) is 4.70 Å². The minimum absolute atomic E-state index is 0.270. The first-order chi connectivity index (χ1) is 9.16. The number of halogens is 3. The van der Waals surface area contributed by atoms with Crippen LogP contribution in [0.15, 0.2) is 52.3 Å². The molecule has 3 aromatic rings. The van der Waals surface area contributed by atoms with Crippen LogP contribution >= 0.6 is 38.9 Å². The molecule has 1 aromatic heterocycles. The molecule has 0 nitrogen and oxygen atoms in total. The van der Waals surface area contributed by atoms with Crippen LogP contribution in [0.4, 0.5) is 4.39 Å². The normalized spacial score (nSPS) is 12.8. The number of benzene rings is 2. The van der Waals surface area contributed by atoms with Crippen LogP contribution in [0.5, 0.6) is 0 Å². The molecule has 1 heterocycles. The second kappa shape index (κ2) is 5.23. The lowest BCUT2D eigenvalue weighted by molar-refractivity contribution is 0.620. The van der Waals surface area contributed by atoms with Crippen LogP contribution in [0.1, 0.15) is 16.5 Å². The fourth-order valence-corrected chi connectivity index (χ4v) is 3.82. The van der Waals surface area contributed by atoms with Gasteiger partial charge in [0.15, 0.2) is 0 Å². The van der Waals surface area contributed by atoms with Gasteiger partial charge in [0.2, 0.25) is 0 Å². The fraction of sp³-hybridized carbons (Fsp3) is 0.0667. The Morgan fingerprint density at radius 1 is 1.16 bits per heavy atom. The van der Waals surface area contributed by atoms with E-state index >= 15 is 0 Å². The molecule has 0 radical (unpaired) electrons. The zero-order valence-corrected chi connectivity index (χ0v) is 12.9. The maximum Gasteiger partial charge on any atom is 0.137 e. The number of hydrogen-bond acceptors (Lipinski definition) is 1. The lowest BCUT2D eigenvalue weighted by atomic mass is 10.0. The van der Waals surface area contributed by atoms with Crippen molar-refractivity contribution in [3.05, 3.63) is 69.3 Å². The Labute approximate surface area is 128 Å². The van der Waals surface area contributed by atoms with Crippen molar-refractivity contribution in [2.24, 2.45) is 0 Å². The van der Waals surface area contributed by atoms with Crippen LogP contribution in [0.2, 0.25) is 0 Å². The van der Waals surface area contributed by atoms with Crippen molar-refractivity contribution in [1.29, 1.82) is 0 Å². The molecule has 0 amide bonds. The maximum atomic E-state index is 13.3. The maximum absolute atomic E-state index is 13.3. The van der Waals surface area contributed by atoms with Gasteiger partial charge in [-0.3, -0.25) is 0 Å². The minimum Gasteiger partial charge on any atom is -0.206 e. The lowest BCUT2D eigenvalue weighted by Gasteiger charge is -2.10. The zero-order valence-electron chi connectivity index (χ0n) is 9.74. The molecular weight excluding hydrogens is 347 g/mol. The molecule has 0 saturated heterocycles. The van der Waals surface area contributed by atoms with Crippen molar-refractivity contribution in [3.8, 4) is 0 Å². The van der Waals surface area contributed by atoms with E-state index in [-0.39, 0.29) is 11.2 Å². The highest BCUT2D eigenvalue weighted by atomic mass is 79.9. The topological polar surface area (TPSA) is 0 Å². The second-order valence-corrected chi connectivity index (χ2v) is 6.43. The first-order valence-electron chi connectivity index (χ1n) is 5.72. The van der Waals surface area contributed by atoms with Crippen molar-refractivity contribution >= 4 is 49.0 Å². The molecule has 0 fully saturated rings. The third-order valence-corrected chi connectivity index (χ3v) is 5.10. The van der Waals surface area contributed by atoms with Crippen molar-refractivity contribution in [2.75, 3.05) is 0 Å². The van der Waals surface area contributed by atoms with Gasteiger partial charge in [-0.2, -0.15) is 0 Å². The molecule has 1 unspecified atom stereocenters. The molecule has 0 aliphatic heterocycles. The van der Waals surface area contributed by atoms with Crippen LogP contribution in [-0.4, -0.2) is 0 Å². The second-order valence-electron chi connectivity index (χ2n) is 4.22. The summed E-state index contributed by atoms with van der Waals surface area (Å²) in [6.07, 6.45) is 0. The highest BCUT2D eigenvalue weighted by Gasteiger charge is 2.16. The van der Waals surface area contributed by atoms with Gasteiger partial charge in [-0.05, 0) is 56.0 Å². The molecule has 0 saturated carbocycles. The molecule has 1 atom stereocenters. The number of thiophene rings is 1. The van der Waals surface area contributed by atoms with Crippen LogP contribution < -0.4 is 0 Å². The third kappa shape index (κ3) is 2.42. The molecule has 0 aliphatic carbocycles. The smallest absolute Gasteiger partial charge is 0.137 e. The van der Waals surface area contributed by atoms with Gasteiger partial charge in [0.05, 0.1) is 9.85 Å². The molecule has 0 aliphatic rings. The Bertz CT molecular complexity index is 738. The van der Waals surface area contributed by atoms with E-state index in [1.54, 1.807) is 23.5 Å². The standard InChI is InChI=1S/C15H9BrClFS/c16-12-7-9(5-6-13(12)18)15(17)11-8-19-14-4-2-1-3-10(11)14/h1-8,15H. The van der Waals surface area contributed by atoms with Gasteiger partial charge in [0.25, 0.3) is 0 Å². The number of rotatable bonds is 2. The molecule has 0 N–H and O–H groups in total. The molecule has 0 bridgehead atoms. The predicted octanol–water partition coefficient (Wildman–Crippen LogP) is 6.13. The highest BCUT2D eigenvalue weighted by Crippen LogP contribution is 2.38. The van der Waals surface area contributed by atoms with Gasteiger partial charge in [-0.1, -0.05) is 24.3 Å². The van der Waals surface area contributed by atoms with E-state index in [2.05, 4.69) is 33.4 Å². The van der Waals surface area contributed by atoms with Gasteiger partial charge < -0.3 is 0 Å². The average molecular weight is 356 g/mol. The fourth-order valence-electron chi connectivity index (χ4n) is 2.04. The van der Waals surface area contributed by atoms with E-state index in [0.29, 0.717) is 4.47 Å². The Morgan fingerprint density at radius 2 is 1.95 bits per heavy atom. The van der Waals surface area contributed by atoms with E-state index in [4.69, 9.17) is 11.6 Å². The summed E-state index contributed by atoms with van der Waals surface area (Å²) >= 11 is 11.4. The zero-order chi connectivity index (χ0) is 13.4. The van der Waals surface area contributed by atoms with Crippen molar-refractivity contribution in [1.82, 2.24) is 0 Å². The van der Waals surface area contributed by atoms with Crippen LogP contribution in [0.3, 0.4) is 0 Å². The molecule has 3 rings (SSSR count). The quantitative estimate of drug-likeness (QED) is 0.485. The minimum atomic E-state index is -0.275. The number of hydrogen-bond donors (Lipinski definition) is 0. The van der Waals surface area contributed by atoms with E-state index in [1.165, 1.54) is 10.8 Å². The molecule has 19 heavy (non-hydrogen) atoms. The largest absolute Gasteiger partial charge is 0.206 e. The summed E-state index contributed by atoms with van der Waals surface area (Å²) in [5, 5.41) is 2.96. The summed E-state index contributed by atoms with van der Waals surface area (Å²) in [6, 6.07) is 13.1. The highest BCUT2D eigenvalue weighted by molar-refractivity contribution is 9.10.